The Hall–Kier alpha value is -3.40. The maximum Gasteiger partial charge on any atom is 0.134 e. The van der Waals surface area contributed by atoms with Crippen LogP contribution in [0.5, 0.6) is 0 Å². The topological polar surface area (TPSA) is 63.8 Å². The molecule has 0 saturated carbocycles. The normalized spacial score (nSPS) is 10.8. The molecule has 1 aromatic heterocycles. The highest BCUT2D eigenvalue weighted by atomic mass is 14.9. The number of rotatable bonds is 3. The zero-order valence-corrected chi connectivity index (χ0v) is 13.9. The van der Waals surface area contributed by atoms with Crippen molar-refractivity contribution in [3.63, 3.8) is 0 Å². The average molecular weight is 326 g/mol. The van der Waals surface area contributed by atoms with Crippen LogP contribution in [0.25, 0.3) is 33.2 Å². The van der Waals surface area contributed by atoms with E-state index in [4.69, 9.17) is 5.73 Å². The highest BCUT2D eigenvalue weighted by molar-refractivity contribution is 6.01. The lowest BCUT2D eigenvalue weighted by Gasteiger charge is -2.12. The molecule has 0 unspecified atom stereocenters. The first-order chi connectivity index (χ1) is 12.3. The summed E-state index contributed by atoms with van der Waals surface area (Å²) in [7, 11) is 1.91. The van der Waals surface area contributed by atoms with E-state index in [1.54, 1.807) is 0 Å². The van der Waals surface area contributed by atoms with Crippen molar-refractivity contribution in [1.82, 2.24) is 9.97 Å². The molecule has 0 aliphatic rings. The quantitative estimate of drug-likeness (QED) is 0.578. The van der Waals surface area contributed by atoms with Crippen molar-refractivity contribution in [2.75, 3.05) is 18.1 Å². The number of hydrogen-bond donors (Lipinski definition) is 2. The molecule has 0 saturated heterocycles. The lowest BCUT2D eigenvalue weighted by Crippen LogP contribution is -1.96. The number of hydrogen-bond acceptors (Lipinski definition) is 4. The number of benzene rings is 3. The van der Waals surface area contributed by atoms with E-state index in [9.17, 15) is 0 Å². The Balaban J connectivity index is 2.03. The first-order valence-electron chi connectivity index (χ1n) is 8.14. The minimum Gasteiger partial charge on any atom is -0.388 e. The Bertz CT molecular complexity index is 1040. The summed E-state index contributed by atoms with van der Waals surface area (Å²) in [6.45, 7) is 0. The number of fused-ring (bicyclic) bond motifs is 1. The minimum atomic E-state index is 0.494. The van der Waals surface area contributed by atoms with Gasteiger partial charge in [0.25, 0.3) is 0 Å². The van der Waals surface area contributed by atoms with Gasteiger partial charge < -0.3 is 11.1 Å². The van der Waals surface area contributed by atoms with Crippen molar-refractivity contribution < 1.29 is 0 Å². The number of nitrogens with two attached hydrogens (primary N) is 1. The van der Waals surface area contributed by atoms with Crippen LogP contribution in [-0.2, 0) is 0 Å². The van der Waals surface area contributed by atoms with Gasteiger partial charge in [0.2, 0.25) is 0 Å². The summed E-state index contributed by atoms with van der Waals surface area (Å²) in [5.41, 5.74) is 12.4. The number of nitrogens with zero attached hydrogens (tertiary/aromatic N) is 2. The van der Waals surface area contributed by atoms with Crippen LogP contribution in [0.4, 0.5) is 11.5 Å². The Morgan fingerprint density at radius 3 is 2.40 bits per heavy atom. The van der Waals surface area contributed by atoms with Gasteiger partial charge in [0.05, 0.1) is 5.52 Å². The molecule has 4 nitrogen and oxygen atoms in total. The van der Waals surface area contributed by atoms with Crippen molar-refractivity contribution in [3.8, 4) is 22.3 Å². The molecule has 25 heavy (non-hydrogen) atoms. The third-order valence-corrected chi connectivity index (χ3v) is 4.34. The Morgan fingerprint density at radius 2 is 1.60 bits per heavy atom. The van der Waals surface area contributed by atoms with Gasteiger partial charge in [-0.3, -0.25) is 0 Å². The zero-order chi connectivity index (χ0) is 17.2. The molecule has 0 spiro atoms. The van der Waals surface area contributed by atoms with E-state index in [0.717, 1.165) is 38.8 Å². The molecule has 0 atom stereocenters. The number of nitrogens with one attached hydrogen (secondary N) is 1. The summed E-state index contributed by atoms with van der Waals surface area (Å²) in [6.07, 6.45) is 1.52. The summed E-state index contributed by atoms with van der Waals surface area (Å²) in [4.78, 5) is 8.66. The van der Waals surface area contributed by atoms with E-state index in [-0.39, 0.29) is 0 Å². The average Bonchev–Trinajstić information content (AvgIpc) is 2.68. The predicted molar refractivity (Wildman–Crippen MR) is 104 cm³/mol. The van der Waals surface area contributed by atoms with Crippen LogP contribution in [0.2, 0.25) is 0 Å². The summed E-state index contributed by atoms with van der Waals surface area (Å²) < 4.78 is 0. The first kappa shape index (κ1) is 15.1. The van der Waals surface area contributed by atoms with Crippen LogP contribution in [0.1, 0.15) is 0 Å². The maximum atomic E-state index is 6.14. The highest BCUT2D eigenvalue weighted by Gasteiger charge is 2.12. The molecule has 3 aromatic carbocycles. The van der Waals surface area contributed by atoms with Gasteiger partial charge in [-0.15, -0.1) is 0 Å². The largest absolute Gasteiger partial charge is 0.388 e. The van der Waals surface area contributed by atoms with Gasteiger partial charge in [-0.25, -0.2) is 9.97 Å². The molecule has 4 aromatic rings. The van der Waals surface area contributed by atoms with Crippen molar-refractivity contribution >= 4 is 22.4 Å². The van der Waals surface area contributed by atoms with Crippen LogP contribution in [-0.4, -0.2) is 17.0 Å². The second-order valence-corrected chi connectivity index (χ2v) is 5.88. The van der Waals surface area contributed by atoms with Gasteiger partial charge in [0.1, 0.15) is 12.1 Å². The highest BCUT2D eigenvalue weighted by Crippen LogP contribution is 2.35. The summed E-state index contributed by atoms with van der Waals surface area (Å²) in [6, 6.07) is 22.8. The van der Waals surface area contributed by atoms with Gasteiger partial charge in [0, 0.05) is 23.7 Å². The van der Waals surface area contributed by atoms with Gasteiger partial charge in [-0.05, 0) is 41.0 Å². The molecule has 122 valence electrons. The van der Waals surface area contributed by atoms with Gasteiger partial charge in [-0.1, -0.05) is 42.5 Å². The van der Waals surface area contributed by atoms with E-state index >= 15 is 0 Å². The van der Waals surface area contributed by atoms with Crippen molar-refractivity contribution in [2.24, 2.45) is 0 Å². The Labute approximate surface area is 146 Å². The maximum absolute atomic E-state index is 6.14. The molecular formula is C21H18N4. The fraction of sp³-hybridized carbons (Fsp3) is 0.0476. The smallest absolute Gasteiger partial charge is 0.134 e. The molecule has 3 N–H and O–H groups in total. The van der Waals surface area contributed by atoms with Crippen molar-refractivity contribution in [2.45, 2.75) is 0 Å². The van der Waals surface area contributed by atoms with Crippen LogP contribution < -0.4 is 11.1 Å². The molecule has 4 heteroatoms. The third kappa shape index (κ3) is 2.78. The molecular weight excluding hydrogens is 308 g/mol. The Kier molecular flexibility index (Phi) is 3.78. The molecule has 0 radical (unpaired) electrons. The number of nitrogen functional groups attached to an aromatic ring is 1. The van der Waals surface area contributed by atoms with Gasteiger partial charge in [0.15, 0.2) is 0 Å². The summed E-state index contributed by atoms with van der Waals surface area (Å²) in [5, 5.41) is 4.05. The minimum absolute atomic E-state index is 0.494. The van der Waals surface area contributed by atoms with Crippen LogP contribution in [0.15, 0.2) is 73.1 Å². The van der Waals surface area contributed by atoms with E-state index in [0.29, 0.717) is 5.82 Å². The van der Waals surface area contributed by atoms with E-state index in [1.807, 2.05) is 37.4 Å². The lowest BCUT2D eigenvalue weighted by atomic mass is 9.95. The summed E-state index contributed by atoms with van der Waals surface area (Å²) >= 11 is 0. The second kappa shape index (κ2) is 6.24. The van der Waals surface area contributed by atoms with Crippen LogP contribution in [0, 0.1) is 0 Å². The van der Waals surface area contributed by atoms with E-state index in [1.165, 1.54) is 6.33 Å². The van der Waals surface area contributed by atoms with Crippen molar-refractivity contribution in [1.29, 1.82) is 0 Å². The molecule has 0 aliphatic carbocycles. The predicted octanol–water partition coefficient (Wildman–Crippen LogP) is 4.59. The molecule has 4 rings (SSSR count). The summed E-state index contributed by atoms with van der Waals surface area (Å²) in [5.74, 6) is 0.494. The van der Waals surface area contributed by atoms with Gasteiger partial charge in [-0.2, -0.15) is 0 Å². The van der Waals surface area contributed by atoms with E-state index in [2.05, 4.69) is 51.7 Å². The molecule has 0 amide bonds. The molecule has 0 bridgehead atoms. The standard InChI is InChI=1S/C21H18N4/c1-23-17-9-5-8-15(10-17)18-11-16(14-6-3-2-4-7-14)12-19-20(18)24-13-25-21(19)22/h2-13,23H,1H3,(H2,22,24,25). The second-order valence-electron chi connectivity index (χ2n) is 5.88. The van der Waals surface area contributed by atoms with Crippen LogP contribution >= 0.6 is 0 Å². The first-order valence-corrected chi connectivity index (χ1v) is 8.14. The molecule has 1 heterocycles. The number of aromatic nitrogens is 2. The fourth-order valence-corrected chi connectivity index (χ4v) is 3.05. The SMILES string of the molecule is CNc1cccc(-c2cc(-c3ccccc3)cc3c(N)ncnc23)c1. The molecule has 0 fully saturated rings. The monoisotopic (exact) mass is 326 g/mol. The lowest BCUT2D eigenvalue weighted by molar-refractivity contribution is 1.23. The zero-order valence-electron chi connectivity index (χ0n) is 13.9. The third-order valence-electron chi connectivity index (χ3n) is 4.34. The van der Waals surface area contributed by atoms with Crippen LogP contribution in [0.3, 0.4) is 0 Å². The van der Waals surface area contributed by atoms with Crippen molar-refractivity contribution in [3.05, 3.63) is 73.1 Å². The molecule has 0 aliphatic heterocycles. The van der Waals surface area contributed by atoms with E-state index < -0.39 is 0 Å². The Morgan fingerprint density at radius 1 is 0.800 bits per heavy atom. The fourth-order valence-electron chi connectivity index (χ4n) is 3.05. The van der Waals surface area contributed by atoms with Gasteiger partial charge >= 0.3 is 0 Å². The number of anilines is 2.